The summed E-state index contributed by atoms with van der Waals surface area (Å²) in [6, 6.07) is 23.5. The van der Waals surface area contributed by atoms with Crippen LogP contribution in [0.1, 0.15) is 11.1 Å². The Labute approximate surface area is 181 Å². The van der Waals surface area contributed by atoms with Crippen LogP contribution in [0.2, 0.25) is 0 Å². The molecule has 0 radical (unpaired) electrons. The minimum atomic E-state index is -3.72. The molecule has 0 aliphatic carbocycles. The van der Waals surface area contributed by atoms with Gasteiger partial charge >= 0.3 is 0 Å². The molecule has 3 aromatic rings. The zero-order valence-electron chi connectivity index (χ0n) is 16.9. The smallest absolute Gasteiger partial charge is 0.285 e. The Kier molecular flexibility index (Phi) is 5.73. The lowest BCUT2D eigenvalue weighted by molar-refractivity contribution is -0.121. The molecular weight excluding hydrogens is 414 g/mol. The van der Waals surface area contributed by atoms with Gasteiger partial charge in [0, 0.05) is 19.2 Å². The molecule has 0 fully saturated rings. The van der Waals surface area contributed by atoms with Crippen molar-refractivity contribution in [3.63, 3.8) is 0 Å². The first-order valence-electron chi connectivity index (χ1n) is 9.66. The second-order valence-electron chi connectivity index (χ2n) is 7.08. The van der Waals surface area contributed by atoms with E-state index in [1.165, 1.54) is 11.0 Å². The number of para-hydroxylation sites is 1. The number of nitrogens with one attached hydrogen (secondary N) is 1. The predicted molar refractivity (Wildman–Crippen MR) is 118 cm³/mol. The lowest BCUT2D eigenvalue weighted by Gasteiger charge is -2.18. The summed E-state index contributed by atoms with van der Waals surface area (Å²) in [5.74, 6) is 1.43. The molecule has 0 atom stereocenters. The molecule has 8 heteroatoms. The summed E-state index contributed by atoms with van der Waals surface area (Å²) in [4.78, 5) is 14.1. The summed E-state index contributed by atoms with van der Waals surface area (Å²) in [6.45, 7) is 0.295. The average molecular weight is 436 g/mol. The third-order valence-corrected chi connectivity index (χ3v) is 6.05. The highest BCUT2D eigenvalue weighted by atomic mass is 32.2. The van der Waals surface area contributed by atoms with E-state index in [9.17, 15) is 13.2 Å². The number of benzene rings is 3. The van der Waals surface area contributed by atoms with Crippen LogP contribution in [0.3, 0.4) is 0 Å². The molecule has 1 heterocycles. The van der Waals surface area contributed by atoms with Crippen LogP contribution in [0.15, 0.2) is 88.2 Å². The average Bonchev–Trinajstić information content (AvgIpc) is 3.05. The zero-order chi connectivity index (χ0) is 21.8. The molecule has 1 aliphatic rings. The van der Waals surface area contributed by atoms with Crippen molar-refractivity contribution in [1.29, 1.82) is 0 Å². The second kappa shape index (κ2) is 8.61. The Balaban J connectivity index is 1.36. The number of ether oxygens (including phenoxy) is 1. The second-order valence-corrected chi connectivity index (χ2v) is 8.65. The molecule has 1 aliphatic heterocycles. The number of fused-ring (bicyclic) bond motifs is 1. The molecule has 158 valence electrons. The van der Waals surface area contributed by atoms with Crippen LogP contribution in [-0.4, -0.2) is 38.7 Å². The molecule has 0 unspecified atom stereocenters. The minimum Gasteiger partial charge on any atom is -0.457 e. The molecule has 7 nitrogen and oxygen atoms in total. The summed E-state index contributed by atoms with van der Waals surface area (Å²) < 4.78 is 34.0. The third-order valence-electron chi connectivity index (χ3n) is 4.72. The molecule has 3 aromatic carbocycles. The van der Waals surface area contributed by atoms with Gasteiger partial charge in [-0.25, -0.2) is 0 Å². The minimum absolute atomic E-state index is 0.0249. The number of rotatable bonds is 6. The van der Waals surface area contributed by atoms with Crippen molar-refractivity contribution in [3.05, 3.63) is 90.0 Å². The fourth-order valence-corrected chi connectivity index (χ4v) is 4.51. The predicted octanol–water partition coefficient (Wildman–Crippen LogP) is 3.18. The van der Waals surface area contributed by atoms with Gasteiger partial charge in [-0.15, -0.1) is 4.40 Å². The number of amidine groups is 1. The Morgan fingerprint density at radius 3 is 2.48 bits per heavy atom. The fraction of sp³-hybridized carbons (Fsp3) is 0.130. The molecule has 0 saturated heterocycles. The van der Waals surface area contributed by atoms with Crippen LogP contribution in [-0.2, 0) is 21.4 Å². The monoisotopic (exact) mass is 435 g/mol. The molecule has 31 heavy (non-hydrogen) atoms. The van der Waals surface area contributed by atoms with Crippen molar-refractivity contribution in [3.8, 4) is 11.5 Å². The number of likely N-dealkylation sites (N-methyl/N-ethyl adjacent to an activating group) is 1. The highest BCUT2D eigenvalue weighted by Gasteiger charge is 2.30. The Hall–Kier alpha value is -3.65. The van der Waals surface area contributed by atoms with Gasteiger partial charge < -0.3 is 15.0 Å². The van der Waals surface area contributed by atoms with Crippen molar-refractivity contribution >= 4 is 21.8 Å². The van der Waals surface area contributed by atoms with Crippen molar-refractivity contribution < 1.29 is 17.9 Å². The van der Waals surface area contributed by atoms with E-state index in [1.807, 2.05) is 54.6 Å². The fourth-order valence-electron chi connectivity index (χ4n) is 3.25. The SMILES string of the molecule is CN(CC(=O)NCc1cccc(Oc2ccccc2)c1)C1=NS(=O)(=O)c2ccccc21. The number of carbonyl (C=O) groups excluding carboxylic acids is 1. The van der Waals surface area contributed by atoms with Crippen molar-refractivity contribution in [2.24, 2.45) is 4.40 Å². The van der Waals surface area contributed by atoms with Crippen molar-refractivity contribution in [2.75, 3.05) is 13.6 Å². The molecule has 1 N–H and O–H groups in total. The molecule has 4 rings (SSSR count). The van der Waals surface area contributed by atoms with Crippen LogP contribution < -0.4 is 10.1 Å². The number of amides is 1. The van der Waals surface area contributed by atoms with Gasteiger partial charge in [0.05, 0.1) is 6.54 Å². The molecule has 0 saturated carbocycles. The first-order chi connectivity index (χ1) is 14.9. The summed E-state index contributed by atoms with van der Waals surface area (Å²) in [6.07, 6.45) is 0. The maximum Gasteiger partial charge on any atom is 0.285 e. The van der Waals surface area contributed by atoms with Gasteiger partial charge in [-0.1, -0.05) is 42.5 Å². The maximum atomic E-state index is 12.4. The van der Waals surface area contributed by atoms with E-state index in [2.05, 4.69) is 9.71 Å². The maximum absolute atomic E-state index is 12.4. The number of sulfonamides is 1. The Bertz CT molecular complexity index is 1240. The topological polar surface area (TPSA) is 88.1 Å². The van der Waals surface area contributed by atoms with Crippen LogP contribution in [0.5, 0.6) is 11.5 Å². The first kappa shape index (κ1) is 20.6. The molecule has 0 aromatic heterocycles. The van der Waals surface area contributed by atoms with Gasteiger partial charge in [0.15, 0.2) is 5.84 Å². The summed E-state index contributed by atoms with van der Waals surface area (Å²) in [7, 11) is -2.08. The summed E-state index contributed by atoms with van der Waals surface area (Å²) in [5, 5.41) is 2.85. The van der Waals surface area contributed by atoms with Crippen LogP contribution in [0, 0.1) is 0 Å². The number of nitrogens with zero attached hydrogens (tertiary/aromatic N) is 2. The molecule has 0 spiro atoms. The van der Waals surface area contributed by atoms with Crippen molar-refractivity contribution in [1.82, 2.24) is 10.2 Å². The highest BCUT2D eigenvalue weighted by Crippen LogP contribution is 2.27. The summed E-state index contributed by atoms with van der Waals surface area (Å²) in [5.41, 5.74) is 1.39. The van der Waals surface area contributed by atoms with Gasteiger partial charge in [0.2, 0.25) is 5.91 Å². The Morgan fingerprint density at radius 2 is 1.68 bits per heavy atom. The summed E-state index contributed by atoms with van der Waals surface area (Å²) >= 11 is 0. The van der Waals surface area contributed by atoms with Gasteiger partial charge in [0.25, 0.3) is 10.0 Å². The van der Waals surface area contributed by atoms with E-state index in [-0.39, 0.29) is 23.2 Å². The molecular formula is C23H21N3O4S. The quantitative estimate of drug-likeness (QED) is 0.643. The number of carbonyl (C=O) groups is 1. The van der Waals surface area contributed by atoms with E-state index in [1.54, 1.807) is 25.2 Å². The molecule has 1 amide bonds. The van der Waals surface area contributed by atoms with Crippen LogP contribution >= 0.6 is 0 Å². The zero-order valence-corrected chi connectivity index (χ0v) is 17.7. The lowest BCUT2D eigenvalue weighted by Crippen LogP contribution is -2.38. The normalized spacial score (nSPS) is 13.8. The number of hydrogen-bond donors (Lipinski definition) is 1. The Morgan fingerprint density at radius 1 is 0.968 bits per heavy atom. The van der Waals surface area contributed by atoms with Crippen LogP contribution in [0.25, 0.3) is 0 Å². The van der Waals surface area contributed by atoms with E-state index in [0.717, 1.165) is 11.3 Å². The van der Waals surface area contributed by atoms with Gasteiger partial charge in [0.1, 0.15) is 16.4 Å². The first-order valence-corrected chi connectivity index (χ1v) is 11.1. The number of hydrogen-bond acceptors (Lipinski definition) is 5. The van der Waals surface area contributed by atoms with Gasteiger partial charge in [-0.2, -0.15) is 8.42 Å². The largest absolute Gasteiger partial charge is 0.457 e. The standard InChI is InChI=1S/C23H21N3O4S/c1-26(23-20-12-5-6-13-21(20)31(28,29)25-23)16-22(27)24-15-17-8-7-11-19(14-17)30-18-9-3-2-4-10-18/h2-14H,15-16H2,1H3,(H,24,27). The van der Waals surface area contributed by atoms with E-state index in [0.29, 0.717) is 17.9 Å². The van der Waals surface area contributed by atoms with E-state index >= 15 is 0 Å². The van der Waals surface area contributed by atoms with E-state index in [4.69, 9.17) is 4.74 Å². The van der Waals surface area contributed by atoms with Crippen molar-refractivity contribution in [2.45, 2.75) is 11.4 Å². The van der Waals surface area contributed by atoms with E-state index < -0.39 is 10.0 Å². The molecule has 0 bridgehead atoms. The van der Waals surface area contributed by atoms with Gasteiger partial charge in [-0.3, -0.25) is 4.79 Å². The third kappa shape index (κ3) is 4.75. The van der Waals surface area contributed by atoms with Crippen LogP contribution in [0.4, 0.5) is 0 Å². The lowest BCUT2D eigenvalue weighted by atomic mass is 10.2. The highest BCUT2D eigenvalue weighted by molar-refractivity contribution is 7.90. The van der Waals surface area contributed by atoms with Gasteiger partial charge in [-0.05, 0) is 42.0 Å².